The molecule has 0 spiro atoms. The third-order valence-corrected chi connectivity index (χ3v) is 3.67. The quantitative estimate of drug-likeness (QED) is 0.659. The zero-order valence-electron chi connectivity index (χ0n) is 14.4. The fourth-order valence-electron chi connectivity index (χ4n) is 2.27. The lowest BCUT2D eigenvalue weighted by atomic mass is 10.1. The van der Waals surface area contributed by atoms with Gasteiger partial charge in [0.05, 0.1) is 11.6 Å². The third kappa shape index (κ3) is 5.94. The van der Waals surface area contributed by atoms with E-state index in [1.165, 1.54) is 0 Å². The number of esters is 1. The Hall–Kier alpha value is -3.35. The van der Waals surface area contributed by atoms with Crippen LogP contribution in [-0.4, -0.2) is 24.5 Å². The minimum absolute atomic E-state index is 0.181. The van der Waals surface area contributed by atoms with E-state index in [1.807, 2.05) is 37.3 Å². The number of nitrogens with two attached hydrogens (primary N) is 1. The van der Waals surface area contributed by atoms with Crippen LogP contribution in [0.5, 0.6) is 0 Å². The Bertz CT molecular complexity index is 760. The molecule has 7 nitrogen and oxygen atoms in total. The molecule has 4 N–H and O–H groups in total. The summed E-state index contributed by atoms with van der Waals surface area (Å²) in [6, 6.07) is 15.2. The molecule has 136 valence electrons. The predicted octanol–water partition coefficient (Wildman–Crippen LogP) is 1.89. The smallest absolute Gasteiger partial charge is 0.338 e. The minimum atomic E-state index is -0.621. The normalized spacial score (nSPS) is 11.3. The second-order valence-electron chi connectivity index (χ2n) is 5.69. The van der Waals surface area contributed by atoms with Crippen molar-refractivity contribution in [2.45, 2.75) is 19.5 Å². The molecule has 3 amide bonds. The van der Waals surface area contributed by atoms with Crippen LogP contribution in [0.2, 0.25) is 0 Å². The van der Waals surface area contributed by atoms with Crippen LogP contribution in [0.1, 0.15) is 34.5 Å². The van der Waals surface area contributed by atoms with E-state index in [-0.39, 0.29) is 25.1 Å². The molecule has 26 heavy (non-hydrogen) atoms. The fourth-order valence-corrected chi connectivity index (χ4v) is 2.27. The number of carbonyl (C=O) groups excluding carboxylic acids is 3. The van der Waals surface area contributed by atoms with Gasteiger partial charge in [-0.2, -0.15) is 0 Å². The van der Waals surface area contributed by atoms with Crippen molar-refractivity contribution < 1.29 is 19.1 Å². The average Bonchev–Trinajstić information content (AvgIpc) is 2.65. The minimum Gasteiger partial charge on any atom is -0.452 e. The lowest BCUT2D eigenvalue weighted by Gasteiger charge is -2.14. The molecule has 0 saturated carbocycles. The van der Waals surface area contributed by atoms with Gasteiger partial charge in [-0.1, -0.05) is 42.5 Å². The second kappa shape index (κ2) is 9.22. The molecule has 0 bridgehead atoms. The van der Waals surface area contributed by atoms with Crippen molar-refractivity contribution >= 4 is 17.9 Å². The van der Waals surface area contributed by atoms with Crippen LogP contribution in [-0.2, 0) is 16.1 Å². The van der Waals surface area contributed by atoms with Crippen LogP contribution in [0.15, 0.2) is 54.6 Å². The summed E-state index contributed by atoms with van der Waals surface area (Å²) in [5, 5.41) is 5.22. The number of urea groups is 1. The van der Waals surface area contributed by atoms with Crippen LogP contribution >= 0.6 is 0 Å². The van der Waals surface area contributed by atoms with Gasteiger partial charge in [0.2, 0.25) is 0 Å². The summed E-state index contributed by atoms with van der Waals surface area (Å²) in [7, 11) is 0. The monoisotopic (exact) mass is 355 g/mol. The molecule has 7 heteroatoms. The number of carbonyl (C=O) groups is 3. The Balaban J connectivity index is 1.80. The van der Waals surface area contributed by atoms with Gasteiger partial charge in [0, 0.05) is 6.54 Å². The van der Waals surface area contributed by atoms with E-state index in [0.29, 0.717) is 5.56 Å². The average molecular weight is 355 g/mol. The summed E-state index contributed by atoms with van der Waals surface area (Å²) >= 11 is 0. The first-order chi connectivity index (χ1) is 12.5. The van der Waals surface area contributed by atoms with E-state index in [2.05, 4.69) is 10.6 Å². The maximum absolute atomic E-state index is 12.0. The van der Waals surface area contributed by atoms with Gasteiger partial charge in [-0.25, -0.2) is 9.59 Å². The summed E-state index contributed by atoms with van der Waals surface area (Å²) < 4.78 is 5.02. The van der Waals surface area contributed by atoms with E-state index in [0.717, 1.165) is 11.1 Å². The van der Waals surface area contributed by atoms with Crippen molar-refractivity contribution in [1.29, 1.82) is 0 Å². The topological polar surface area (TPSA) is 111 Å². The van der Waals surface area contributed by atoms with E-state index >= 15 is 0 Å². The number of primary amides is 1. The Kier molecular flexibility index (Phi) is 6.73. The Morgan fingerprint density at radius 3 is 2.31 bits per heavy atom. The van der Waals surface area contributed by atoms with Crippen LogP contribution in [0.4, 0.5) is 4.79 Å². The summed E-state index contributed by atoms with van der Waals surface area (Å²) in [5.41, 5.74) is 7.06. The zero-order valence-corrected chi connectivity index (χ0v) is 14.4. The Labute approximate surface area is 151 Å². The molecule has 1 atom stereocenters. The first kappa shape index (κ1) is 19.0. The summed E-state index contributed by atoms with van der Waals surface area (Å²) in [6.45, 7) is 1.76. The second-order valence-corrected chi connectivity index (χ2v) is 5.69. The van der Waals surface area contributed by atoms with Crippen molar-refractivity contribution in [1.82, 2.24) is 10.6 Å². The van der Waals surface area contributed by atoms with Gasteiger partial charge < -0.3 is 21.1 Å². The van der Waals surface area contributed by atoms with Crippen LogP contribution < -0.4 is 16.4 Å². The van der Waals surface area contributed by atoms with Crippen molar-refractivity contribution in [3.8, 4) is 0 Å². The first-order valence-electron chi connectivity index (χ1n) is 8.09. The van der Waals surface area contributed by atoms with Crippen molar-refractivity contribution in [2.75, 3.05) is 6.61 Å². The van der Waals surface area contributed by atoms with Crippen molar-refractivity contribution in [2.24, 2.45) is 5.73 Å². The molecule has 2 aromatic rings. The van der Waals surface area contributed by atoms with Gasteiger partial charge in [-0.3, -0.25) is 4.79 Å². The molecule has 1 unspecified atom stereocenters. The Morgan fingerprint density at radius 2 is 1.69 bits per heavy atom. The summed E-state index contributed by atoms with van der Waals surface area (Å²) in [6.07, 6.45) is 0. The number of hydrogen-bond acceptors (Lipinski definition) is 4. The largest absolute Gasteiger partial charge is 0.452 e. The van der Waals surface area contributed by atoms with E-state index in [4.69, 9.17) is 10.5 Å². The molecule has 0 aliphatic carbocycles. The highest BCUT2D eigenvalue weighted by atomic mass is 16.5. The molecular formula is C19H21N3O4. The molecular weight excluding hydrogens is 334 g/mol. The maximum Gasteiger partial charge on any atom is 0.338 e. The molecule has 0 aliphatic heterocycles. The van der Waals surface area contributed by atoms with E-state index in [1.54, 1.807) is 24.3 Å². The predicted molar refractivity (Wildman–Crippen MR) is 96.1 cm³/mol. The van der Waals surface area contributed by atoms with Gasteiger partial charge >= 0.3 is 12.0 Å². The third-order valence-electron chi connectivity index (χ3n) is 3.67. The van der Waals surface area contributed by atoms with Crippen molar-refractivity contribution in [3.05, 3.63) is 71.3 Å². The molecule has 0 heterocycles. The van der Waals surface area contributed by atoms with Crippen LogP contribution in [0, 0.1) is 0 Å². The molecule has 0 aliphatic rings. The Morgan fingerprint density at radius 1 is 1.04 bits per heavy atom. The molecule has 2 rings (SSSR count). The number of hydrogen-bond donors (Lipinski definition) is 3. The van der Waals surface area contributed by atoms with Gasteiger partial charge in [0.15, 0.2) is 6.61 Å². The number of amides is 3. The number of ether oxygens (including phenoxy) is 1. The first-order valence-corrected chi connectivity index (χ1v) is 8.09. The SMILES string of the molecule is CC(NC(=O)COC(=O)c1ccc(CNC(N)=O)cc1)c1ccccc1. The highest BCUT2D eigenvalue weighted by Crippen LogP contribution is 2.11. The standard InChI is InChI=1S/C19H21N3O4/c1-13(15-5-3-2-4-6-15)22-17(23)12-26-18(24)16-9-7-14(8-10-16)11-21-19(20)25/h2-10,13H,11-12H2,1H3,(H,22,23)(H3,20,21,25). The highest BCUT2D eigenvalue weighted by Gasteiger charge is 2.13. The van der Waals surface area contributed by atoms with Crippen molar-refractivity contribution in [3.63, 3.8) is 0 Å². The van der Waals surface area contributed by atoms with Gasteiger partial charge in [-0.05, 0) is 30.2 Å². The van der Waals surface area contributed by atoms with E-state index in [9.17, 15) is 14.4 Å². The zero-order chi connectivity index (χ0) is 18.9. The van der Waals surface area contributed by atoms with Gasteiger partial charge in [0.25, 0.3) is 5.91 Å². The lowest BCUT2D eigenvalue weighted by molar-refractivity contribution is -0.124. The van der Waals surface area contributed by atoms with Crippen LogP contribution in [0.3, 0.4) is 0 Å². The summed E-state index contributed by atoms with van der Waals surface area (Å²) in [5.74, 6) is -0.973. The number of rotatable bonds is 7. The van der Waals surface area contributed by atoms with Crippen LogP contribution in [0.25, 0.3) is 0 Å². The lowest BCUT2D eigenvalue weighted by Crippen LogP contribution is -2.31. The molecule has 0 radical (unpaired) electrons. The fraction of sp³-hybridized carbons (Fsp3) is 0.211. The summed E-state index contributed by atoms with van der Waals surface area (Å²) in [4.78, 5) is 34.6. The molecule has 0 saturated heterocycles. The number of benzene rings is 2. The molecule has 2 aromatic carbocycles. The van der Waals surface area contributed by atoms with Gasteiger partial charge in [0.1, 0.15) is 0 Å². The van der Waals surface area contributed by atoms with Gasteiger partial charge in [-0.15, -0.1) is 0 Å². The number of nitrogens with one attached hydrogen (secondary N) is 2. The molecule has 0 aromatic heterocycles. The van der Waals surface area contributed by atoms with E-state index < -0.39 is 12.0 Å². The molecule has 0 fully saturated rings. The highest BCUT2D eigenvalue weighted by molar-refractivity contribution is 5.91. The maximum atomic E-state index is 12.0.